The van der Waals surface area contributed by atoms with Crippen molar-refractivity contribution in [1.29, 1.82) is 0 Å². The zero-order valence-electron chi connectivity index (χ0n) is 13.3. The van der Waals surface area contributed by atoms with E-state index in [0.29, 0.717) is 0 Å². The molecule has 0 saturated heterocycles. The molecule has 1 N–H and O–H groups in total. The standard InChI is InChI=1S/C19H23NOS/c1-3-4-12-21-18-10-8-17(9-11-18)19(22)20-14-16-7-5-6-15(2)13-16/h5-11,13H,3-4,12,14H2,1-2H3,(H,20,22). The van der Waals surface area contributed by atoms with E-state index in [-0.39, 0.29) is 0 Å². The molecule has 116 valence electrons. The van der Waals surface area contributed by atoms with Crippen LogP contribution in [0.4, 0.5) is 0 Å². The molecule has 3 heteroatoms. The number of unbranched alkanes of at least 4 members (excludes halogenated alkanes) is 1. The number of rotatable bonds is 7. The smallest absolute Gasteiger partial charge is 0.119 e. The fourth-order valence-electron chi connectivity index (χ4n) is 2.14. The molecule has 2 rings (SSSR count). The second kappa shape index (κ2) is 8.54. The van der Waals surface area contributed by atoms with Crippen LogP contribution in [0.15, 0.2) is 48.5 Å². The number of nitrogens with one attached hydrogen (secondary N) is 1. The number of benzene rings is 2. The first-order valence-corrected chi connectivity index (χ1v) is 8.16. The van der Waals surface area contributed by atoms with Crippen molar-refractivity contribution in [3.8, 4) is 5.75 Å². The number of ether oxygens (including phenoxy) is 1. The molecule has 2 aromatic carbocycles. The third-order valence-corrected chi connectivity index (χ3v) is 3.80. The first-order chi connectivity index (χ1) is 10.7. The minimum absolute atomic E-state index is 0.745. The summed E-state index contributed by atoms with van der Waals surface area (Å²) in [6.07, 6.45) is 2.23. The van der Waals surface area contributed by atoms with Crippen LogP contribution in [0.2, 0.25) is 0 Å². The Kier molecular flexibility index (Phi) is 6.41. The van der Waals surface area contributed by atoms with Crippen LogP contribution < -0.4 is 10.1 Å². The van der Waals surface area contributed by atoms with Gasteiger partial charge in [-0.25, -0.2) is 0 Å². The Morgan fingerprint density at radius 1 is 1.14 bits per heavy atom. The van der Waals surface area contributed by atoms with Gasteiger partial charge in [-0.05, 0) is 43.2 Å². The molecule has 0 aromatic heterocycles. The summed E-state index contributed by atoms with van der Waals surface area (Å²) in [4.78, 5) is 0.765. The predicted molar refractivity (Wildman–Crippen MR) is 96.6 cm³/mol. The summed E-state index contributed by atoms with van der Waals surface area (Å²) >= 11 is 5.45. The Morgan fingerprint density at radius 2 is 1.91 bits per heavy atom. The summed E-state index contributed by atoms with van der Waals surface area (Å²) in [6, 6.07) is 16.4. The average Bonchev–Trinajstić information content (AvgIpc) is 2.54. The second-order valence-corrected chi connectivity index (χ2v) is 5.81. The summed E-state index contributed by atoms with van der Waals surface area (Å²) < 4.78 is 5.66. The lowest BCUT2D eigenvalue weighted by atomic mass is 10.1. The summed E-state index contributed by atoms with van der Waals surface area (Å²) in [5.74, 6) is 0.902. The molecule has 0 spiro atoms. The van der Waals surface area contributed by atoms with Gasteiger partial charge in [0.05, 0.1) is 6.61 Å². The molecule has 0 unspecified atom stereocenters. The van der Waals surface area contributed by atoms with Crippen LogP contribution in [0.3, 0.4) is 0 Å². The fourth-order valence-corrected chi connectivity index (χ4v) is 2.35. The van der Waals surface area contributed by atoms with Crippen molar-refractivity contribution in [3.63, 3.8) is 0 Å². The number of hydrogen-bond donors (Lipinski definition) is 1. The van der Waals surface area contributed by atoms with Gasteiger partial charge in [0.2, 0.25) is 0 Å². The Bertz CT molecular complexity index is 607. The lowest BCUT2D eigenvalue weighted by Crippen LogP contribution is -2.21. The minimum Gasteiger partial charge on any atom is -0.494 e. The van der Waals surface area contributed by atoms with E-state index in [0.717, 1.165) is 42.3 Å². The van der Waals surface area contributed by atoms with Crippen molar-refractivity contribution in [2.45, 2.75) is 33.2 Å². The zero-order chi connectivity index (χ0) is 15.8. The summed E-state index contributed by atoms with van der Waals surface area (Å²) in [5, 5.41) is 3.30. The normalized spacial score (nSPS) is 10.3. The van der Waals surface area contributed by atoms with Crippen molar-refractivity contribution in [2.24, 2.45) is 0 Å². The Hall–Kier alpha value is -1.87. The highest BCUT2D eigenvalue weighted by atomic mass is 32.1. The molecule has 0 aliphatic rings. The van der Waals surface area contributed by atoms with Gasteiger partial charge in [-0.2, -0.15) is 0 Å². The summed E-state index contributed by atoms with van der Waals surface area (Å²) in [6.45, 7) is 5.77. The maximum Gasteiger partial charge on any atom is 0.119 e. The van der Waals surface area contributed by atoms with Gasteiger partial charge in [-0.3, -0.25) is 0 Å². The van der Waals surface area contributed by atoms with E-state index in [1.807, 2.05) is 24.3 Å². The molecule has 0 heterocycles. The largest absolute Gasteiger partial charge is 0.494 e. The van der Waals surface area contributed by atoms with Crippen LogP contribution >= 0.6 is 12.2 Å². The highest BCUT2D eigenvalue weighted by Gasteiger charge is 2.02. The Labute approximate surface area is 138 Å². The van der Waals surface area contributed by atoms with Crippen LogP contribution in [0, 0.1) is 6.92 Å². The van der Waals surface area contributed by atoms with Crippen molar-refractivity contribution in [3.05, 3.63) is 65.2 Å². The number of aryl methyl sites for hydroxylation is 1. The zero-order valence-corrected chi connectivity index (χ0v) is 14.1. The van der Waals surface area contributed by atoms with Crippen LogP contribution in [0.25, 0.3) is 0 Å². The molecular weight excluding hydrogens is 290 g/mol. The van der Waals surface area contributed by atoms with Crippen molar-refractivity contribution >= 4 is 17.2 Å². The molecule has 0 saturated carbocycles. The van der Waals surface area contributed by atoms with Gasteiger partial charge >= 0.3 is 0 Å². The van der Waals surface area contributed by atoms with Gasteiger partial charge in [0.25, 0.3) is 0 Å². The first kappa shape index (κ1) is 16.5. The number of thiocarbonyl (C=S) groups is 1. The van der Waals surface area contributed by atoms with Crippen LogP contribution in [-0.4, -0.2) is 11.6 Å². The van der Waals surface area contributed by atoms with E-state index in [1.54, 1.807) is 0 Å². The maximum absolute atomic E-state index is 5.66. The first-order valence-electron chi connectivity index (χ1n) is 7.75. The van der Waals surface area contributed by atoms with Gasteiger partial charge in [-0.1, -0.05) is 55.4 Å². The topological polar surface area (TPSA) is 21.3 Å². The fraction of sp³-hybridized carbons (Fsp3) is 0.316. The highest BCUT2D eigenvalue weighted by molar-refractivity contribution is 7.80. The van der Waals surface area contributed by atoms with Crippen molar-refractivity contribution in [1.82, 2.24) is 5.32 Å². The highest BCUT2D eigenvalue weighted by Crippen LogP contribution is 2.13. The van der Waals surface area contributed by atoms with Gasteiger partial charge < -0.3 is 10.1 Å². The van der Waals surface area contributed by atoms with E-state index in [1.165, 1.54) is 11.1 Å². The molecule has 22 heavy (non-hydrogen) atoms. The molecule has 0 fully saturated rings. The second-order valence-electron chi connectivity index (χ2n) is 5.40. The quantitative estimate of drug-likeness (QED) is 0.594. The molecule has 0 bridgehead atoms. The Morgan fingerprint density at radius 3 is 2.59 bits per heavy atom. The molecule has 0 aliphatic heterocycles. The predicted octanol–water partition coefficient (Wildman–Crippen LogP) is 4.64. The Balaban J connectivity index is 1.87. The summed E-state index contributed by atoms with van der Waals surface area (Å²) in [5.41, 5.74) is 3.52. The SMILES string of the molecule is CCCCOc1ccc(C(=S)NCc2cccc(C)c2)cc1. The monoisotopic (exact) mass is 313 g/mol. The van der Waals surface area contributed by atoms with Crippen molar-refractivity contribution < 1.29 is 4.74 Å². The molecule has 0 amide bonds. The third kappa shape index (κ3) is 5.15. The van der Waals surface area contributed by atoms with Gasteiger partial charge in [-0.15, -0.1) is 0 Å². The average molecular weight is 313 g/mol. The molecular formula is C19H23NOS. The minimum atomic E-state index is 0.745. The maximum atomic E-state index is 5.66. The van der Waals surface area contributed by atoms with Gasteiger partial charge in [0, 0.05) is 12.1 Å². The van der Waals surface area contributed by atoms with E-state index in [9.17, 15) is 0 Å². The van der Waals surface area contributed by atoms with Gasteiger partial charge in [0.15, 0.2) is 0 Å². The summed E-state index contributed by atoms with van der Waals surface area (Å²) in [7, 11) is 0. The molecule has 0 aliphatic carbocycles. The van der Waals surface area contributed by atoms with Crippen molar-refractivity contribution in [2.75, 3.05) is 6.61 Å². The molecule has 0 atom stereocenters. The van der Waals surface area contributed by atoms with E-state index < -0.39 is 0 Å². The lowest BCUT2D eigenvalue weighted by molar-refractivity contribution is 0.309. The molecule has 2 aromatic rings. The third-order valence-electron chi connectivity index (χ3n) is 3.42. The number of hydrogen-bond acceptors (Lipinski definition) is 2. The van der Waals surface area contributed by atoms with Crippen LogP contribution in [-0.2, 0) is 6.54 Å². The van der Waals surface area contributed by atoms with Crippen LogP contribution in [0.5, 0.6) is 5.75 Å². The van der Waals surface area contributed by atoms with Gasteiger partial charge in [0.1, 0.15) is 10.7 Å². The van der Waals surface area contributed by atoms with E-state index in [4.69, 9.17) is 17.0 Å². The van der Waals surface area contributed by atoms with E-state index >= 15 is 0 Å². The molecule has 2 nitrogen and oxygen atoms in total. The lowest BCUT2D eigenvalue weighted by Gasteiger charge is -2.10. The molecule has 0 radical (unpaired) electrons. The van der Waals surface area contributed by atoms with E-state index in [2.05, 4.69) is 43.4 Å². The van der Waals surface area contributed by atoms with Crippen LogP contribution in [0.1, 0.15) is 36.5 Å².